The fourth-order valence-corrected chi connectivity index (χ4v) is 2.87. The molecule has 26 heavy (non-hydrogen) atoms. The van der Waals surface area contributed by atoms with Crippen LogP contribution in [0, 0.1) is 0 Å². The molecule has 0 aliphatic carbocycles. The molecule has 0 unspecified atom stereocenters. The summed E-state index contributed by atoms with van der Waals surface area (Å²) in [5.41, 5.74) is 0.417. The maximum Gasteiger partial charge on any atom is 0.316 e. The van der Waals surface area contributed by atoms with Gasteiger partial charge in [-0.05, 0) is 25.0 Å². The first-order valence-electron chi connectivity index (χ1n) is 8.37. The first-order valence-corrected chi connectivity index (χ1v) is 8.37. The van der Waals surface area contributed by atoms with Gasteiger partial charge in [0, 0.05) is 13.2 Å². The second-order valence-corrected chi connectivity index (χ2v) is 6.06. The molecule has 0 spiro atoms. The van der Waals surface area contributed by atoms with Crippen LogP contribution in [-0.2, 0) is 11.3 Å². The molecule has 1 fully saturated rings. The average Bonchev–Trinajstić information content (AvgIpc) is 3.34. The van der Waals surface area contributed by atoms with E-state index >= 15 is 0 Å². The van der Waals surface area contributed by atoms with E-state index in [2.05, 4.69) is 20.4 Å². The minimum Gasteiger partial charge on any atom is -0.376 e. The second-order valence-electron chi connectivity index (χ2n) is 6.06. The van der Waals surface area contributed by atoms with E-state index in [0.29, 0.717) is 17.4 Å². The zero-order valence-corrected chi connectivity index (χ0v) is 13.9. The van der Waals surface area contributed by atoms with Crippen molar-refractivity contribution in [2.24, 2.45) is 0 Å². The third-order valence-corrected chi connectivity index (χ3v) is 4.22. The van der Waals surface area contributed by atoms with Crippen LogP contribution in [-0.4, -0.2) is 44.9 Å². The van der Waals surface area contributed by atoms with E-state index in [4.69, 9.17) is 9.26 Å². The van der Waals surface area contributed by atoms with Crippen LogP contribution in [0.5, 0.6) is 0 Å². The molecule has 0 saturated carbocycles. The van der Waals surface area contributed by atoms with Gasteiger partial charge in [-0.25, -0.2) is 4.98 Å². The fourth-order valence-electron chi connectivity index (χ4n) is 2.87. The molecule has 1 amide bonds. The van der Waals surface area contributed by atoms with Gasteiger partial charge in [0.1, 0.15) is 0 Å². The minimum absolute atomic E-state index is 0.0311. The van der Waals surface area contributed by atoms with Crippen LogP contribution >= 0.6 is 0 Å². The summed E-state index contributed by atoms with van der Waals surface area (Å²) in [6.45, 7) is 1.20. The Hall–Kier alpha value is -3.07. The molecular formula is C17H17N5O4. The highest BCUT2D eigenvalue weighted by Gasteiger charge is 2.20. The Balaban J connectivity index is 1.45. The van der Waals surface area contributed by atoms with Crippen molar-refractivity contribution in [3.05, 3.63) is 52.7 Å². The van der Waals surface area contributed by atoms with E-state index in [1.54, 1.807) is 18.2 Å². The van der Waals surface area contributed by atoms with Crippen LogP contribution in [0.4, 0.5) is 0 Å². The van der Waals surface area contributed by atoms with E-state index in [1.807, 2.05) is 6.07 Å². The molecule has 1 aliphatic rings. The number of benzene rings is 1. The van der Waals surface area contributed by atoms with Crippen LogP contribution in [0.3, 0.4) is 0 Å². The predicted octanol–water partition coefficient (Wildman–Crippen LogP) is 0.737. The fraction of sp³-hybridized carbons (Fsp3) is 0.353. The molecule has 0 bridgehead atoms. The summed E-state index contributed by atoms with van der Waals surface area (Å²) in [4.78, 5) is 32.8. The van der Waals surface area contributed by atoms with Gasteiger partial charge < -0.3 is 14.6 Å². The number of hydrogen-bond donors (Lipinski definition) is 1. The summed E-state index contributed by atoms with van der Waals surface area (Å²) in [6.07, 6.45) is 3.38. The van der Waals surface area contributed by atoms with Crippen molar-refractivity contribution in [1.82, 2.24) is 25.0 Å². The van der Waals surface area contributed by atoms with Crippen LogP contribution in [0.15, 0.2) is 39.9 Å². The molecule has 1 atom stereocenters. The maximum atomic E-state index is 12.5. The Morgan fingerprint density at radius 1 is 1.35 bits per heavy atom. The van der Waals surface area contributed by atoms with Crippen LogP contribution in [0.25, 0.3) is 10.9 Å². The standard InChI is InChI=1S/C17H17N5O4/c23-15(18-8-11-4-3-7-25-11)16-20-14(21-26-16)9-22-10-19-13-6-2-1-5-12(13)17(22)24/h1-2,5-6,10-11H,3-4,7-9H2,(H,18,23)/t11-/m1/s1. The molecule has 2 aromatic heterocycles. The van der Waals surface area contributed by atoms with Crippen molar-refractivity contribution in [1.29, 1.82) is 0 Å². The number of carbonyl (C=O) groups excluding carboxylic acids is 1. The highest BCUT2D eigenvalue weighted by molar-refractivity contribution is 5.89. The SMILES string of the molecule is O=C(NC[C@H]1CCCO1)c1nc(Cn2cnc3ccccc3c2=O)no1. The molecule has 0 radical (unpaired) electrons. The Morgan fingerprint density at radius 2 is 2.23 bits per heavy atom. The van der Waals surface area contributed by atoms with Crippen molar-refractivity contribution in [3.8, 4) is 0 Å². The highest BCUT2D eigenvalue weighted by Crippen LogP contribution is 2.11. The lowest BCUT2D eigenvalue weighted by Gasteiger charge is -2.08. The number of carbonyl (C=O) groups is 1. The van der Waals surface area contributed by atoms with E-state index in [-0.39, 0.29) is 29.9 Å². The van der Waals surface area contributed by atoms with Gasteiger partial charge in [-0.15, -0.1) is 0 Å². The predicted molar refractivity (Wildman–Crippen MR) is 90.7 cm³/mol. The highest BCUT2D eigenvalue weighted by atomic mass is 16.5. The average molecular weight is 355 g/mol. The molecule has 4 rings (SSSR count). The molecule has 134 valence electrons. The zero-order chi connectivity index (χ0) is 17.9. The van der Waals surface area contributed by atoms with E-state index in [9.17, 15) is 9.59 Å². The van der Waals surface area contributed by atoms with Crippen LogP contribution < -0.4 is 10.9 Å². The van der Waals surface area contributed by atoms with E-state index < -0.39 is 5.91 Å². The Labute approximate surface area is 148 Å². The lowest BCUT2D eigenvalue weighted by Crippen LogP contribution is -2.32. The molecule has 3 aromatic rings. The molecule has 1 N–H and O–H groups in total. The van der Waals surface area contributed by atoms with E-state index in [0.717, 1.165) is 19.4 Å². The summed E-state index contributed by atoms with van der Waals surface area (Å²) in [5, 5.41) is 6.99. The quantitative estimate of drug-likeness (QED) is 0.718. The zero-order valence-electron chi connectivity index (χ0n) is 13.9. The monoisotopic (exact) mass is 355 g/mol. The summed E-state index contributed by atoms with van der Waals surface area (Å²) in [7, 11) is 0. The van der Waals surface area contributed by atoms with E-state index in [1.165, 1.54) is 10.9 Å². The number of nitrogens with zero attached hydrogens (tertiary/aromatic N) is 4. The van der Waals surface area contributed by atoms with Gasteiger partial charge in [0.05, 0.1) is 29.9 Å². The van der Waals surface area contributed by atoms with Gasteiger partial charge in [-0.1, -0.05) is 17.3 Å². The number of rotatable bonds is 5. The van der Waals surface area contributed by atoms with Gasteiger partial charge >= 0.3 is 11.8 Å². The topological polar surface area (TPSA) is 112 Å². The number of nitrogens with one attached hydrogen (secondary N) is 1. The normalized spacial score (nSPS) is 16.8. The maximum absolute atomic E-state index is 12.5. The third-order valence-electron chi connectivity index (χ3n) is 4.22. The molecule has 3 heterocycles. The summed E-state index contributed by atoms with van der Waals surface area (Å²) in [5.74, 6) is -0.366. The van der Waals surface area contributed by atoms with Crippen molar-refractivity contribution >= 4 is 16.8 Å². The van der Waals surface area contributed by atoms with Gasteiger partial charge in [-0.3, -0.25) is 14.2 Å². The number of hydrogen-bond acceptors (Lipinski definition) is 7. The van der Waals surface area contributed by atoms with Gasteiger partial charge in [0.15, 0.2) is 5.82 Å². The number of amides is 1. The number of para-hydroxylation sites is 1. The molecule has 9 heteroatoms. The minimum atomic E-state index is -0.455. The van der Waals surface area contributed by atoms with Crippen LogP contribution in [0.2, 0.25) is 0 Å². The smallest absolute Gasteiger partial charge is 0.316 e. The Bertz CT molecular complexity index is 990. The van der Waals surface area contributed by atoms with Crippen molar-refractivity contribution in [2.45, 2.75) is 25.5 Å². The van der Waals surface area contributed by atoms with Crippen LogP contribution in [0.1, 0.15) is 29.4 Å². The first kappa shape index (κ1) is 16.4. The lowest BCUT2D eigenvalue weighted by molar-refractivity contribution is 0.0822. The van der Waals surface area contributed by atoms with Gasteiger partial charge in [0.2, 0.25) is 0 Å². The summed E-state index contributed by atoms with van der Waals surface area (Å²) in [6, 6.07) is 7.08. The molecule has 1 aliphatic heterocycles. The summed E-state index contributed by atoms with van der Waals surface area (Å²) >= 11 is 0. The first-order chi connectivity index (χ1) is 12.7. The molecule has 1 aromatic carbocycles. The summed E-state index contributed by atoms with van der Waals surface area (Å²) < 4.78 is 11.8. The third kappa shape index (κ3) is 3.33. The number of aromatic nitrogens is 4. The van der Waals surface area contributed by atoms with Gasteiger partial charge in [-0.2, -0.15) is 4.98 Å². The molecular weight excluding hydrogens is 338 g/mol. The molecule has 1 saturated heterocycles. The number of fused-ring (bicyclic) bond motifs is 1. The number of ether oxygens (including phenoxy) is 1. The Morgan fingerprint density at radius 3 is 3.08 bits per heavy atom. The van der Waals surface area contributed by atoms with Crippen molar-refractivity contribution in [2.75, 3.05) is 13.2 Å². The largest absolute Gasteiger partial charge is 0.376 e. The van der Waals surface area contributed by atoms with Crippen molar-refractivity contribution < 1.29 is 14.1 Å². The second kappa shape index (κ2) is 7.04. The Kier molecular flexibility index (Phi) is 4.44. The van der Waals surface area contributed by atoms with Gasteiger partial charge in [0.25, 0.3) is 5.56 Å². The van der Waals surface area contributed by atoms with Crippen molar-refractivity contribution in [3.63, 3.8) is 0 Å². The lowest BCUT2D eigenvalue weighted by atomic mass is 10.2. The molecule has 9 nitrogen and oxygen atoms in total.